The third kappa shape index (κ3) is 2.35. The predicted molar refractivity (Wildman–Crippen MR) is 63.4 cm³/mol. The summed E-state index contributed by atoms with van der Waals surface area (Å²) >= 11 is 0. The van der Waals surface area contributed by atoms with E-state index in [1.54, 1.807) is 4.90 Å². The van der Waals surface area contributed by atoms with E-state index in [4.69, 9.17) is 5.11 Å². The zero-order valence-corrected chi connectivity index (χ0v) is 10.1. The first-order chi connectivity index (χ1) is 8.11. The zero-order chi connectivity index (χ0) is 12.4. The Morgan fingerprint density at radius 3 is 2.24 bits per heavy atom. The van der Waals surface area contributed by atoms with Gasteiger partial charge in [-0.3, -0.25) is 9.59 Å². The number of hydrogen-bond acceptors (Lipinski definition) is 2. The van der Waals surface area contributed by atoms with Gasteiger partial charge in [-0.15, -0.1) is 0 Å². The van der Waals surface area contributed by atoms with E-state index in [0.717, 1.165) is 12.8 Å². The fourth-order valence-corrected chi connectivity index (χ4v) is 2.58. The van der Waals surface area contributed by atoms with Gasteiger partial charge in [-0.05, 0) is 32.1 Å². The molecule has 2 rings (SSSR count). The Balaban J connectivity index is 2.05. The molecule has 0 heterocycles. The van der Waals surface area contributed by atoms with Crippen LogP contribution in [-0.2, 0) is 9.59 Å². The molecule has 0 aromatic heterocycles. The second-order valence-electron chi connectivity index (χ2n) is 5.03. The summed E-state index contributed by atoms with van der Waals surface area (Å²) in [5.74, 6) is -1.76. The zero-order valence-electron chi connectivity index (χ0n) is 10.1. The highest BCUT2D eigenvalue weighted by Gasteiger charge is 2.37. The molecule has 1 amide bonds. The first-order valence-corrected chi connectivity index (χ1v) is 6.25. The van der Waals surface area contributed by atoms with Crippen molar-refractivity contribution in [2.75, 3.05) is 7.05 Å². The predicted octanol–water partition coefficient (Wildman–Crippen LogP) is 1.66. The molecule has 0 bridgehead atoms. The topological polar surface area (TPSA) is 57.6 Å². The highest BCUT2D eigenvalue weighted by molar-refractivity contribution is 5.85. The van der Waals surface area contributed by atoms with Gasteiger partial charge in [0, 0.05) is 13.1 Å². The van der Waals surface area contributed by atoms with E-state index >= 15 is 0 Å². The average molecular weight is 237 g/mol. The molecule has 2 aliphatic carbocycles. The van der Waals surface area contributed by atoms with Gasteiger partial charge in [0.25, 0.3) is 0 Å². The summed E-state index contributed by atoms with van der Waals surface area (Å²) in [6.45, 7) is 0. The molecule has 0 saturated heterocycles. The van der Waals surface area contributed by atoms with E-state index in [-0.39, 0.29) is 11.8 Å². The number of carboxylic acids is 1. The number of carbonyl (C=O) groups is 2. The molecule has 17 heavy (non-hydrogen) atoms. The van der Waals surface area contributed by atoms with Gasteiger partial charge in [-0.2, -0.15) is 0 Å². The van der Waals surface area contributed by atoms with Crippen molar-refractivity contribution in [2.24, 2.45) is 11.8 Å². The first kappa shape index (κ1) is 12.1. The largest absolute Gasteiger partial charge is 0.481 e. The standard InChI is InChI=1S/C13H19NO3/c1-14(9-5-4-6-9)12(15)10-7-2-3-8-11(10)13(16)17/h2-3,9-11H,4-8H2,1H3,(H,16,17)/t10-,11+/m1/s1. The second-order valence-corrected chi connectivity index (χ2v) is 5.03. The van der Waals surface area contributed by atoms with Crippen molar-refractivity contribution in [3.8, 4) is 0 Å². The molecule has 0 aromatic carbocycles. The van der Waals surface area contributed by atoms with E-state index in [1.165, 1.54) is 6.42 Å². The minimum Gasteiger partial charge on any atom is -0.481 e. The normalized spacial score (nSPS) is 28.5. The van der Waals surface area contributed by atoms with E-state index in [0.29, 0.717) is 18.9 Å². The SMILES string of the molecule is CN(C(=O)[C@@H]1CC=CC[C@@H]1C(=O)O)C1CCC1. The lowest BCUT2D eigenvalue weighted by Gasteiger charge is -2.38. The summed E-state index contributed by atoms with van der Waals surface area (Å²) in [6.07, 6.45) is 8.12. The molecule has 0 aliphatic heterocycles. The number of carboxylic acid groups (broad SMARTS) is 1. The average Bonchev–Trinajstić information content (AvgIpc) is 2.25. The van der Waals surface area contributed by atoms with Crippen molar-refractivity contribution in [3.63, 3.8) is 0 Å². The number of rotatable bonds is 3. The van der Waals surface area contributed by atoms with Crippen molar-refractivity contribution in [1.29, 1.82) is 0 Å². The maximum atomic E-state index is 12.3. The van der Waals surface area contributed by atoms with Crippen molar-refractivity contribution in [2.45, 2.75) is 38.1 Å². The van der Waals surface area contributed by atoms with Crippen LogP contribution >= 0.6 is 0 Å². The van der Waals surface area contributed by atoms with Crippen LogP contribution in [-0.4, -0.2) is 35.0 Å². The highest BCUT2D eigenvalue weighted by atomic mass is 16.4. The third-order valence-electron chi connectivity index (χ3n) is 4.04. The summed E-state index contributed by atoms with van der Waals surface area (Å²) in [5, 5.41) is 9.14. The number of nitrogens with zero attached hydrogens (tertiary/aromatic N) is 1. The highest BCUT2D eigenvalue weighted by Crippen LogP contribution is 2.31. The minimum atomic E-state index is -0.852. The van der Waals surface area contributed by atoms with Gasteiger partial charge in [-0.25, -0.2) is 0 Å². The van der Waals surface area contributed by atoms with Crippen LogP contribution in [0, 0.1) is 11.8 Å². The van der Waals surface area contributed by atoms with Gasteiger partial charge in [0.1, 0.15) is 0 Å². The fraction of sp³-hybridized carbons (Fsp3) is 0.692. The molecule has 0 radical (unpaired) electrons. The number of amides is 1. The molecular weight excluding hydrogens is 218 g/mol. The van der Waals surface area contributed by atoms with Crippen molar-refractivity contribution >= 4 is 11.9 Å². The molecular formula is C13H19NO3. The van der Waals surface area contributed by atoms with E-state index in [9.17, 15) is 9.59 Å². The fourth-order valence-electron chi connectivity index (χ4n) is 2.58. The van der Waals surface area contributed by atoms with E-state index in [2.05, 4.69) is 0 Å². The quantitative estimate of drug-likeness (QED) is 0.759. The number of hydrogen-bond donors (Lipinski definition) is 1. The van der Waals surface area contributed by atoms with Crippen LogP contribution in [0.2, 0.25) is 0 Å². The van der Waals surface area contributed by atoms with Gasteiger partial charge in [0.05, 0.1) is 11.8 Å². The maximum Gasteiger partial charge on any atom is 0.307 e. The third-order valence-corrected chi connectivity index (χ3v) is 4.04. The van der Waals surface area contributed by atoms with Gasteiger partial charge >= 0.3 is 5.97 Å². The van der Waals surface area contributed by atoms with E-state index < -0.39 is 11.9 Å². The van der Waals surface area contributed by atoms with Crippen LogP contribution in [0.1, 0.15) is 32.1 Å². The molecule has 0 unspecified atom stereocenters. The summed E-state index contributed by atoms with van der Waals surface area (Å²) in [4.78, 5) is 25.2. The number of allylic oxidation sites excluding steroid dienone is 2. The Morgan fingerprint density at radius 2 is 1.76 bits per heavy atom. The lowest BCUT2D eigenvalue weighted by molar-refractivity contribution is -0.151. The number of aliphatic carboxylic acids is 1. The molecule has 94 valence electrons. The Hall–Kier alpha value is -1.32. The van der Waals surface area contributed by atoms with Crippen LogP contribution in [0.4, 0.5) is 0 Å². The van der Waals surface area contributed by atoms with Gasteiger partial charge in [-0.1, -0.05) is 12.2 Å². The summed E-state index contributed by atoms with van der Waals surface area (Å²) in [6, 6.07) is 0.336. The molecule has 1 saturated carbocycles. The Bertz CT molecular complexity index is 347. The molecule has 4 heteroatoms. The smallest absolute Gasteiger partial charge is 0.307 e. The molecule has 4 nitrogen and oxygen atoms in total. The Labute approximate surface area is 101 Å². The van der Waals surface area contributed by atoms with Gasteiger partial charge in [0.15, 0.2) is 0 Å². The van der Waals surface area contributed by atoms with Crippen molar-refractivity contribution < 1.29 is 14.7 Å². The summed E-state index contributed by atoms with van der Waals surface area (Å²) in [5.41, 5.74) is 0. The first-order valence-electron chi connectivity index (χ1n) is 6.25. The Morgan fingerprint density at radius 1 is 1.18 bits per heavy atom. The van der Waals surface area contributed by atoms with Crippen LogP contribution in [0.5, 0.6) is 0 Å². The lowest BCUT2D eigenvalue weighted by atomic mass is 9.81. The van der Waals surface area contributed by atoms with Crippen LogP contribution < -0.4 is 0 Å². The Kier molecular flexibility index (Phi) is 3.50. The molecule has 2 atom stereocenters. The van der Waals surface area contributed by atoms with Gasteiger partial charge < -0.3 is 10.0 Å². The minimum absolute atomic E-state index is 0.00597. The lowest BCUT2D eigenvalue weighted by Crippen LogP contribution is -2.47. The van der Waals surface area contributed by atoms with Crippen LogP contribution in [0.25, 0.3) is 0 Å². The summed E-state index contributed by atoms with van der Waals surface area (Å²) in [7, 11) is 1.81. The summed E-state index contributed by atoms with van der Waals surface area (Å²) < 4.78 is 0. The molecule has 1 N–H and O–H groups in total. The van der Waals surface area contributed by atoms with E-state index in [1.807, 2.05) is 19.2 Å². The maximum absolute atomic E-state index is 12.3. The molecule has 2 aliphatic rings. The number of carbonyl (C=O) groups excluding carboxylic acids is 1. The monoisotopic (exact) mass is 237 g/mol. The molecule has 1 fully saturated rings. The van der Waals surface area contributed by atoms with Crippen molar-refractivity contribution in [1.82, 2.24) is 4.90 Å². The molecule has 0 spiro atoms. The second kappa shape index (κ2) is 4.90. The van der Waals surface area contributed by atoms with Crippen LogP contribution in [0.15, 0.2) is 12.2 Å². The molecule has 0 aromatic rings. The van der Waals surface area contributed by atoms with Crippen LogP contribution in [0.3, 0.4) is 0 Å². The van der Waals surface area contributed by atoms with Crippen molar-refractivity contribution in [3.05, 3.63) is 12.2 Å². The van der Waals surface area contributed by atoms with Gasteiger partial charge in [0.2, 0.25) is 5.91 Å².